The molecule has 0 bridgehead atoms. The first-order chi connectivity index (χ1) is 10.0. The Morgan fingerprint density at radius 1 is 1.10 bits per heavy atom. The van der Waals surface area contributed by atoms with E-state index in [9.17, 15) is 9.59 Å². The van der Waals surface area contributed by atoms with Crippen LogP contribution in [0.25, 0.3) is 10.9 Å². The lowest BCUT2D eigenvalue weighted by molar-refractivity contribution is -0.117. The van der Waals surface area contributed by atoms with E-state index in [1.807, 2.05) is 0 Å². The minimum absolute atomic E-state index is 0.155. The minimum atomic E-state index is -0.610. The predicted molar refractivity (Wildman–Crippen MR) is 77.9 cm³/mol. The number of anilines is 2. The van der Waals surface area contributed by atoms with Gasteiger partial charge in [0, 0.05) is 5.39 Å². The van der Waals surface area contributed by atoms with Crippen molar-refractivity contribution in [3.8, 4) is 0 Å². The molecule has 2 amide bonds. The number of nitrogens with two attached hydrogens (primary N) is 3. The third-order valence-electron chi connectivity index (χ3n) is 2.71. The Hall–Kier alpha value is -2.94. The molecule has 7 N–H and O–H groups in total. The Kier molecular flexibility index (Phi) is 4.14. The SMILES string of the molecule is NNc1nc(N(CC(N)=O)CC(N)=O)c2ccccc2n1. The Labute approximate surface area is 120 Å². The van der Waals surface area contributed by atoms with Crippen LogP contribution in [0.15, 0.2) is 24.3 Å². The fourth-order valence-electron chi connectivity index (χ4n) is 1.95. The topological polar surface area (TPSA) is 153 Å². The molecule has 0 aliphatic rings. The molecule has 2 aromatic rings. The van der Waals surface area contributed by atoms with E-state index in [4.69, 9.17) is 17.3 Å². The number of nitrogens with zero attached hydrogens (tertiary/aromatic N) is 3. The summed E-state index contributed by atoms with van der Waals surface area (Å²) in [6.45, 7) is -0.401. The number of carbonyl (C=O) groups is 2. The van der Waals surface area contributed by atoms with Crippen LogP contribution < -0.4 is 27.6 Å². The van der Waals surface area contributed by atoms with Crippen molar-refractivity contribution in [2.45, 2.75) is 0 Å². The van der Waals surface area contributed by atoms with Crippen molar-refractivity contribution in [2.24, 2.45) is 17.3 Å². The molecule has 0 radical (unpaired) electrons. The lowest BCUT2D eigenvalue weighted by Gasteiger charge is -2.22. The van der Waals surface area contributed by atoms with E-state index in [2.05, 4.69) is 15.4 Å². The molecule has 21 heavy (non-hydrogen) atoms. The van der Waals surface area contributed by atoms with Gasteiger partial charge >= 0.3 is 0 Å². The standard InChI is InChI=1S/C12H15N7O2/c13-9(20)5-19(6-10(14)21)11-7-3-1-2-4-8(7)16-12(17-11)18-15/h1-4H,5-6,15H2,(H2,13,20)(H2,14,21)(H,16,17,18). The van der Waals surface area contributed by atoms with E-state index >= 15 is 0 Å². The van der Waals surface area contributed by atoms with Gasteiger partial charge in [-0.1, -0.05) is 12.1 Å². The molecular weight excluding hydrogens is 274 g/mol. The molecule has 9 nitrogen and oxygen atoms in total. The molecule has 0 aliphatic carbocycles. The summed E-state index contributed by atoms with van der Waals surface area (Å²) < 4.78 is 0. The summed E-state index contributed by atoms with van der Waals surface area (Å²) in [6, 6.07) is 7.11. The summed E-state index contributed by atoms with van der Waals surface area (Å²) in [6.07, 6.45) is 0. The molecule has 1 aromatic heterocycles. The Morgan fingerprint density at radius 2 is 1.71 bits per heavy atom. The number of hydrogen-bond acceptors (Lipinski definition) is 7. The number of amides is 2. The molecule has 0 unspecified atom stereocenters. The summed E-state index contributed by atoms with van der Waals surface area (Å²) in [7, 11) is 0. The predicted octanol–water partition coefficient (Wildman–Crippen LogP) is -1.31. The number of primary amides is 2. The fourth-order valence-corrected chi connectivity index (χ4v) is 1.95. The molecule has 1 aromatic carbocycles. The normalized spacial score (nSPS) is 10.3. The molecule has 110 valence electrons. The van der Waals surface area contributed by atoms with Crippen LogP contribution in [-0.4, -0.2) is 34.9 Å². The fraction of sp³-hybridized carbons (Fsp3) is 0.167. The third-order valence-corrected chi connectivity index (χ3v) is 2.71. The maximum atomic E-state index is 11.2. The number of nitrogen functional groups attached to an aromatic ring is 1. The van der Waals surface area contributed by atoms with E-state index in [0.717, 1.165) is 0 Å². The average molecular weight is 289 g/mol. The number of benzene rings is 1. The van der Waals surface area contributed by atoms with Crippen molar-refractivity contribution in [1.29, 1.82) is 0 Å². The van der Waals surface area contributed by atoms with Gasteiger partial charge in [0.2, 0.25) is 17.8 Å². The van der Waals surface area contributed by atoms with Gasteiger partial charge in [0.15, 0.2) is 0 Å². The van der Waals surface area contributed by atoms with Gasteiger partial charge in [0.25, 0.3) is 0 Å². The Balaban J connectivity index is 2.58. The van der Waals surface area contributed by atoms with Crippen LogP contribution in [0.2, 0.25) is 0 Å². The first-order valence-electron chi connectivity index (χ1n) is 6.06. The van der Waals surface area contributed by atoms with E-state index in [-0.39, 0.29) is 19.0 Å². The van der Waals surface area contributed by atoms with Crippen molar-refractivity contribution in [1.82, 2.24) is 9.97 Å². The van der Waals surface area contributed by atoms with Crippen LogP contribution in [-0.2, 0) is 9.59 Å². The highest BCUT2D eigenvalue weighted by molar-refractivity contribution is 5.94. The largest absolute Gasteiger partial charge is 0.368 e. The molecule has 0 saturated carbocycles. The number of carbonyl (C=O) groups excluding carboxylic acids is 2. The Morgan fingerprint density at radius 3 is 2.29 bits per heavy atom. The molecule has 9 heteroatoms. The average Bonchev–Trinajstić information content (AvgIpc) is 2.44. The summed E-state index contributed by atoms with van der Waals surface area (Å²) >= 11 is 0. The zero-order valence-corrected chi connectivity index (χ0v) is 11.1. The molecule has 0 saturated heterocycles. The first kappa shape index (κ1) is 14.5. The number of fused-ring (bicyclic) bond motifs is 1. The Bertz CT molecular complexity index is 672. The molecule has 1 heterocycles. The number of para-hydroxylation sites is 1. The minimum Gasteiger partial charge on any atom is -0.368 e. The van der Waals surface area contributed by atoms with Crippen LogP contribution in [0.4, 0.5) is 11.8 Å². The second kappa shape index (κ2) is 6.01. The molecule has 0 aliphatic heterocycles. The van der Waals surface area contributed by atoms with Gasteiger partial charge in [0.05, 0.1) is 18.6 Å². The first-order valence-corrected chi connectivity index (χ1v) is 6.06. The van der Waals surface area contributed by atoms with Gasteiger partial charge in [-0.25, -0.2) is 10.8 Å². The van der Waals surface area contributed by atoms with Crippen molar-refractivity contribution >= 4 is 34.5 Å². The molecule has 0 atom stereocenters. The second-order valence-corrected chi connectivity index (χ2v) is 4.32. The molecule has 0 spiro atoms. The van der Waals surface area contributed by atoms with E-state index in [1.54, 1.807) is 24.3 Å². The van der Waals surface area contributed by atoms with Crippen LogP contribution in [0, 0.1) is 0 Å². The zero-order valence-electron chi connectivity index (χ0n) is 11.1. The summed E-state index contributed by atoms with van der Waals surface area (Å²) in [5, 5.41) is 0.652. The van der Waals surface area contributed by atoms with Crippen LogP contribution >= 0.6 is 0 Å². The number of hydrazine groups is 1. The smallest absolute Gasteiger partial charge is 0.239 e. The van der Waals surface area contributed by atoms with Crippen LogP contribution in [0.3, 0.4) is 0 Å². The maximum Gasteiger partial charge on any atom is 0.239 e. The third kappa shape index (κ3) is 3.34. The van der Waals surface area contributed by atoms with Crippen molar-refractivity contribution in [3.63, 3.8) is 0 Å². The quantitative estimate of drug-likeness (QED) is 0.380. The van der Waals surface area contributed by atoms with Crippen LogP contribution in [0.1, 0.15) is 0 Å². The molecule has 0 fully saturated rings. The highest BCUT2D eigenvalue weighted by Gasteiger charge is 2.18. The van der Waals surface area contributed by atoms with E-state index in [0.29, 0.717) is 16.7 Å². The highest BCUT2D eigenvalue weighted by Crippen LogP contribution is 2.24. The number of hydrogen-bond donors (Lipinski definition) is 4. The maximum absolute atomic E-state index is 11.2. The number of rotatable bonds is 6. The van der Waals surface area contributed by atoms with Gasteiger partial charge in [-0.3, -0.25) is 15.0 Å². The van der Waals surface area contributed by atoms with Crippen LogP contribution in [0.5, 0.6) is 0 Å². The van der Waals surface area contributed by atoms with Crippen molar-refractivity contribution in [2.75, 3.05) is 23.4 Å². The van der Waals surface area contributed by atoms with E-state index < -0.39 is 11.8 Å². The second-order valence-electron chi connectivity index (χ2n) is 4.32. The molecule has 2 rings (SSSR count). The lowest BCUT2D eigenvalue weighted by Crippen LogP contribution is -2.40. The number of aromatic nitrogens is 2. The van der Waals surface area contributed by atoms with Gasteiger partial charge < -0.3 is 16.4 Å². The summed E-state index contributed by atoms with van der Waals surface area (Å²) in [4.78, 5) is 32.2. The molecular formula is C12H15N7O2. The van der Waals surface area contributed by atoms with Crippen molar-refractivity contribution < 1.29 is 9.59 Å². The summed E-state index contributed by atoms with van der Waals surface area (Å²) in [5.74, 6) is 4.62. The zero-order chi connectivity index (χ0) is 15.4. The lowest BCUT2D eigenvalue weighted by atomic mass is 10.2. The van der Waals surface area contributed by atoms with Gasteiger partial charge in [-0.15, -0.1) is 0 Å². The van der Waals surface area contributed by atoms with Gasteiger partial charge in [0.1, 0.15) is 5.82 Å². The monoisotopic (exact) mass is 289 g/mol. The highest BCUT2D eigenvalue weighted by atomic mass is 16.2. The van der Waals surface area contributed by atoms with Gasteiger partial charge in [-0.2, -0.15) is 4.98 Å². The van der Waals surface area contributed by atoms with Gasteiger partial charge in [-0.05, 0) is 12.1 Å². The summed E-state index contributed by atoms with van der Waals surface area (Å²) in [5.41, 5.74) is 13.4. The van der Waals surface area contributed by atoms with E-state index in [1.165, 1.54) is 4.90 Å². The van der Waals surface area contributed by atoms with Crippen molar-refractivity contribution in [3.05, 3.63) is 24.3 Å². The number of nitrogens with one attached hydrogen (secondary N) is 1.